The van der Waals surface area contributed by atoms with Crippen LogP contribution in [0.15, 0.2) is 12.1 Å². The molecule has 0 saturated carbocycles. The van der Waals surface area contributed by atoms with E-state index >= 15 is 0 Å². The molecule has 17 heavy (non-hydrogen) atoms. The first kappa shape index (κ1) is 13.0. The smallest absolute Gasteiger partial charge is 0.339 e. The Morgan fingerprint density at radius 1 is 1.35 bits per heavy atom. The third kappa shape index (κ3) is 2.75. The molecule has 1 aromatic rings. The summed E-state index contributed by atoms with van der Waals surface area (Å²) < 4.78 is 9.81. The Kier molecular flexibility index (Phi) is 4.09. The molecule has 1 aromatic carbocycles. The van der Waals surface area contributed by atoms with Gasteiger partial charge in [0.2, 0.25) is 0 Å². The van der Waals surface area contributed by atoms with Gasteiger partial charge in [-0.15, -0.1) is 0 Å². The molecule has 0 unspecified atom stereocenters. The summed E-state index contributed by atoms with van der Waals surface area (Å²) in [6, 6.07) is 2.93. The highest BCUT2D eigenvalue weighted by atomic mass is 16.5. The molecule has 0 aliphatic heterocycles. The van der Waals surface area contributed by atoms with Crippen LogP contribution in [0.1, 0.15) is 33.2 Å². The Morgan fingerprint density at radius 2 is 2.00 bits per heavy atom. The van der Waals surface area contributed by atoms with Gasteiger partial charge in [-0.25, -0.2) is 9.59 Å². The van der Waals surface area contributed by atoms with Gasteiger partial charge in [-0.1, -0.05) is 0 Å². The molecule has 0 bridgehead atoms. The summed E-state index contributed by atoms with van der Waals surface area (Å²) in [5.41, 5.74) is 0.417. The SMILES string of the molecule is CCOC(=O)c1cc(OC)cc(C)c1C(=O)O. The molecule has 0 amide bonds. The number of hydrogen-bond donors (Lipinski definition) is 1. The lowest BCUT2D eigenvalue weighted by Gasteiger charge is -2.10. The van der Waals surface area contributed by atoms with E-state index < -0.39 is 11.9 Å². The second kappa shape index (κ2) is 5.34. The molecule has 1 N–H and O–H groups in total. The van der Waals surface area contributed by atoms with E-state index in [1.165, 1.54) is 13.2 Å². The number of carboxylic acids is 1. The average Bonchev–Trinajstić information content (AvgIpc) is 2.27. The van der Waals surface area contributed by atoms with E-state index in [2.05, 4.69) is 0 Å². The molecule has 0 spiro atoms. The van der Waals surface area contributed by atoms with Gasteiger partial charge in [0.1, 0.15) is 5.75 Å². The van der Waals surface area contributed by atoms with Crippen molar-refractivity contribution in [3.05, 3.63) is 28.8 Å². The standard InChI is InChI=1S/C12H14O5/c1-4-17-12(15)9-6-8(16-3)5-7(2)10(9)11(13)14/h5-6H,4H2,1-3H3,(H,13,14). The number of carbonyl (C=O) groups excluding carboxylic acids is 1. The number of ether oxygens (including phenoxy) is 2. The van der Waals surface area contributed by atoms with Crippen molar-refractivity contribution in [2.24, 2.45) is 0 Å². The van der Waals surface area contributed by atoms with Gasteiger partial charge in [-0.05, 0) is 31.5 Å². The van der Waals surface area contributed by atoms with E-state index in [1.54, 1.807) is 19.9 Å². The lowest BCUT2D eigenvalue weighted by atomic mass is 10.0. The fourth-order valence-electron chi connectivity index (χ4n) is 1.53. The van der Waals surface area contributed by atoms with Crippen molar-refractivity contribution >= 4 is 11.9 Å². The maximum Gasteiger partial charge on any atom is 0.339 e. The number of carboxylic acid groups (broad SMARTS) is 1. The monoisotopic (exact) mass is 238 g/mol. The van der Waals surface area contributed by atoms with Gasteiger partial charge in [-0.3, -0.25) is 0 Å². The third-order valence-electron chi connectivity index (χ3n) is 2.25. The summed E-state index contributed by atoms with van der Waals surface area (Å²) >= 11 is 0. The van der Waals surface area contributed by atoms with Gasteiger partial charge in [-0.2, -0.15) is 0 Å². The Morgan fingerprint density at radius 3 is 2.47 bits per heavy atom. The minimum atomic E-state index is -1.16. The Balaban J connectivity index is 3.37. The predicted octanol–water partition coefficient (Wildman–Crippen LogP) is 1.88. The van der Waals surface area contributed by atoms with Crippen molar-refractivity contribution in [1.29, 1.82) is 0 Å². The van der Waals surface area contributed by atoms with Crippen LogP contribution in [0.2, 0.25) is 0 Å². The van der Waals surface area contributed by atoms with E-state index in [0.717, 1.165) is 0 Å². The summed E-state index contributed by atoms with van der Waals surface area (Å²) in [5, 5.41) is 9.08. The Labute approximate surface area is 99.0 Å². The average molecular weight is 238 g/mol. The first-order valence-corrected chi connectivity index (χ1v) is 5.10. The molecule has 0 fully saturated rings. The zero-order chi connectivity index (χ0) is 13.0. The van der Waals surface area contributed by atoms with E-state index in [9.17, 15) is 9.59 Å². The highest BCUT2D eigenvalue weighted by Crippen LogP contribution is 2.23. The van der Waals surface area contributed by atoms with Gasteiger partial charge < -0.3 is 14.6 Å². The van der Waals surface area contributed by atoms with Gasteiger partial charge in [0.25, 0.3) is 0 Å². The number of hydrogen-bond acceptors (Lipinski definition) is 4. The minimum Gasteiger partial charge on any atom is -0.497 e. The molecule has 0 radical (unpaired) electrons. The molecule has 5 heteroatoms. The van der Waals surface area contributed by atoms with Gasteiger partial charge >= 0.3 is 11.9 Å². The second-order valence-corrected chi connectivity index (χ2v) is 3.39. The number of esters is 1. The number of carbonyl (C=O) groups is 2. The molecule has 92 valence electrons. The quantitative estimate of drug-likeness (QED) is 0.811. The maximum atomic E-state index is 11.6. The lowest BCUT2D eigenvalue weighted by Crippen LogP contribution is -2.13. The van der Waals surface area contributed by atoms with E-state index in [-0.39, 0.29) is 17.7 Å². The van der Waals surface area contributed by atoms with Crippen LogP contribution in [0.5, 0.6) is 5.75 Å². The molecule has 1 rings (SSSR count). The minimum absolute atomic E-state index is 0.0104. The van der Waals surface area contributed by atoms with Crippen molar-refractivity contribution in [3.8, 4) is 5.75 Å². The third-order valence-corrected chi connectivity index (χ3v) is 2.25. The molecule has 0 saturated heterocycles. The summed E-state index contributed by atoms with van der Waals surface area (Å²) in [7, 11) is 1.45. The van der Waals surface area contributed by atoms with Crippen LogP contribution in [-0.2, 0) is 4.74 Å². The van der Waals surface area contributed by atoms with E-state index in [4.69, 9.17) is 14.6 Å². The van der Waals surface area contributed by atoms with Crippen LogP contribution in [0.3, 0.4) is 0 Å². The number of rotatable bonds is 4. The number of aryl methyl sites for hydroxylation is 1. The van der Waals surface area contributed by atoms with Gasteiger partial charge in [0, 0.05) is 0 Å². The van der Waals surface area contributed by atoms with Crippen molar-refractivity contribution in [3.63, 3.8) is 0 Å². The Hall–Kier alpha value is -2.04. The molecule has 0 heterocycles. The summed E-state index contributed by atoms with van der Waals surface area (Å²) in [6.45, 7) is 3.45. The highest BCUT2D eigenvalue weighted by molar-refractivity contribution is 6.03. The summed E-state index contributed by atoms with van der Waals surface area (Å²) in [5.74, 6) is -1.39. The number of benzene rings is 1. The first-order chi connectivity index (χ1) is 8.01. The zero-order valence-electron chi connectivity index (χ0n) is 9.94. The molecule has 5 nitrogen and oxygen atoms in total. The van der Waals surface area contributed by atoms with E-state index in [1.807, 2.05) is 0 Å². The van der Waals surface area contributed by atoms with Crippen LogP contribution in [0.4, 0.5) is 0 Å². The number of aromatic carboxylic acids is 1. The van der Waals surface area contributed by atoms with Crippen LogP contribution in [0, 0.1) is 6.92 Å². The summed E-state index contributed by atoms with van der Waals surface area (Å²) in [4.78, 5) is 22.8. The largest absolute Gasteiger partial charge is 0.497 e. The van der Waals surface area contributed by atoms with Crippen LogP contribution in [0.25, 0.3) is 0 Å². The van der Waals surface area contributed by atoms with Gasteiger partial charge in [0.15, 0.2) is 0 Å². The molecule has 0 aromatic heterocycles. The van der Waals surface area contributed by atoms with Crippen molar-refractivity contribution in [2.45, 2.75) is 13.8 Å². The topological polar surface area (TPSA) is 72.8 Å². The molecule has 0 aliphatic carbocycles. The lowest BCUT2D eigenvalue weighted by molar-refractivity contribution is 0.0514. The van der Waals surface area contributed by atoms with E-state index in [0.29, 0.717) is 11.3 Å². The second-order valence-electron chi connectivity index (χ2n) is 3.39. The molecular weight excluding hydrogens is 224 g/mol. The normalized spacial score (nSPS) is 9.82. The maximum absolute atomic E-state index is 11.6. The highest BCUT2D eigenvalue weighted by Gasteiger charge is 2.21. The van der Waals surface area contributed by atoms with Crippen LogP contribution in [-0.4, -0.2) is 30.8 Å². The fraction of sp³-hybridized carbons (Fsp3) is 0.333. The Bertz CT molecular complexity index is 450. The van der Waals surface area contributed by atoms with Crippen LogP contribution >= 0.6 is 0 Å². The summed E-state index contributed by atoms with van der Waals surface area (Å²) in [6.07, 6.45) is 0. The van der Waals surface area contributed by atoms with Crippen molar-refractivity contribution in [1.82, 2.24) is 0 Å². The van der Waals surface area contributed by atoms with Crippen LogP contribution < -0.4 is 4.74 Å². The fourth-order valence-corrected chi connectivity index (χ4v) is 1.53. The zero-order valence-corrected chi connectivity index (χ0v) is 9.94. The molecule has 0 atom stereocenters. The van der Waals surface area contributed by atoms with Gasteiger partial charge in [0.05, 0.1) is 24.8 Å². The molecular formula is C12H14O5. The predicted molar refractivity (Wildman–Crippen MR) is 60.6 cm³/mol. The molecule has 0 aliphatic rings. The number of methoxy groups -OCH3 is 1. The van der Waals surface area contributed by atoms with Crippen molar-refractivity contribution < 1.29 is 24.2 Å². The van der Waals surface area contributed by atoms with Crippen molar-refractivity contribution in [2.75, 3.05) is 13.7 Å². The first-order valence-electron chi connectivity index (χ1n) is 5.10.